The zero-order chi connectivity index (χ0) is 8.13. The molecular weight excluding hydrogens is 144 g/mol. The first kappa shape index (κ1) is 7.17. The van der Waals surface area contributed by atoms with Crippen molar-refractivity contribution in [3.63, 3.8) is 0 Å². The Morgan fingerprint density at radius 3 is 2.75 bits per heavy atom. The van der Waals surface area contributed by atoms with Crippen LogP contribution in [-0.2, 0) is 0 Å². The Morgan fingerprint density at radius 1 is 1.33 bits per heavy atom. The van der Waals surface area contributed by atoms with E-state index in [0.717, 1.165) is 17.8 Å². The summed E-state index contributed by atoms with van der Waals surface area (Å²) in [4.78, 5) is 0. The molecule has 12 heavy (non-hydrogen) atoms. The first-order valence-electron chi connectivity index (χ1n) is 5.66. The molecule has 3 unspecified atom stereocenters. The zero-order valence-corrected chi connectivity index (χ0v) is 7.97. The molecule has 3 atom stereocenters. The highest BCUT2D eigenvalue weighted by atomic mass is 14.6. The minimum atomic E-state index is 1.10. The molecule has 2 fully saturated rings. The van der Waals surface area contributed by atoms with Crippen LogP contribution in [0.15, 0.2) is 11.1 Å². The van der Waals surface area contributed by atoms with Crippen LogP contribution in [0.5, 0.6) is 0 Å². The van der Waals surface area contributed by atoms with Gasteiger partial charge in [0, 0.05) is 0 Å². The largest absolute Gasteiger partial charge is 0.0661 e. The summed E-state index contributed by atoms with van der Waals surface area (Å²) < 4.78 is 0. The molecule has 2 saturated carbocycles. The topological polar surface area (TPSA) is 0 Å². The number of rotatable bonds is 4. The fourth-order valence-electron chi connectivity index (χ4n) is 3.69. The summed E-state index contributed by atoms with van der Waals surface area (Å²) in [5.41, 5.74) is 3.85. The number of fused-ring (bicyclic) bond motifs is 1. The Labute approximate surface area is 75.0 Å². The normalized spacial score (nSPS) is 41.2. The first-order valence-corrected chi connectivity index (χ1v) is 5.66. The van der Waals surface area contributed by atoms with Gasteiger partial charge in [0.15, 0.2) is 0 Å². The molecule has 0 amide bonds. The van der Waals surface area contributed by atoms with Crippen LogP contribution >= 0.6 is 0 Å². The van der Waals surface area contributed by atoms with Gasteiger partial charge in [0.25, 0.3) is 0 Å². The minimum Gasteiger partial charge on any atom is -0.0661 e. The molecule has 5 aliphatic carbocycles. The third-order valence-corrected chi connectivity index (χ3v) is 4.28. The second kappa shape index (κ2) is 2.37. The number of hydrogen-bond donors (Lipinski definition) is 0. The fourth-order valence-corrected chi connectivity index (χ4v) is 3.69. The van der Waals surface area contributed by atoms with E-state index in [9.17, 15) is 0 Å². The van der Waals surface area contributed by atoms with Crippen molar-refractivity contribution in [2.24, 2.45) is 17.8 Å². The summed E-state index contributed by atoms with van der Waals surface area (Å²) in [5, 5.41) is 0. The Kier molecular flexibility index (Phi) is 1.42. The van der Waals surface area contributed by atoms with Crippen LogP contribution in [0.25, 0.3) is 0 Å². The Bertz CT molecular complexity index is 236. The lowest BCUT2D eigenvalue weighted by Gasteiger charge is -2.56. The average molecular weight is 162 g/mol. The lowest BCUT2D eigenvalue weighted by molar-refractivity contribution is 0.158. The molecule has 0 nitrogen and oxygen atoms in total. The van der Waals surface area contributed by atoms with E-state index in [2.05, 4.69) is 6.92 Å². The number of hydrogen-bond acceptors (Lipinski definition) is 0. The quantitative estimate of drug-likeness (QED) is 0.438. The predicted molar refractivity (Wildman–Crippen MR) is 50.9 cm³/mol. The van der Waals surface area contributed by atoms with Crippen molar-refractivity contribution in [2.45, 2.75) is 45.4 Å². The lowest BCUT2D eigenvalue weighted by atomic mass is 9.48. The van der Waals surface area contributed by atoms with Crippen LogP contribution in [0.2, 0.25) is 0 Å². The SMILES string of the molecule is CCCCCC1C2=C3CCC2C31. The molecule has 4 bridgehead atoms. The summed E-state index contributed by atoms with van der Waals surface area (Å²) in [6.07, 6.45) is 8.85. The van der Waals surface area contributed by atoms with Gasteiger partial charge < -0.3 is 0 Å². The third kappa shape index (κ3) is 0.654. The van der Waals surface area contributed by atoms with E-state index in [4.69, 9.17) is 0 Å². The second-order valence-electron chi connectivity index (χ2n) is 4.75. The van der Waals surface area contributed by atoms with Gasteiger partial charge in [-0.1, -0.05) is 37.3 Å². The van der Waals surface area contributed by atoms with Crippen LogP contribution in [0, 0.1) is 17.8 Å². The van der Waals surface area contributed by atoms with E-state index in [0.29, 0.717) is 0 Å². The van der Waals surface area contributed by atoms with Gasteiger partial charge in [0.05, 0.1) is 0 Å². The highest BCUT2D eigenvalue weighted by molar-refractivity contribution is 5.51. The maximum absolute atomic E-state index is 2.30. The Morgan fingerprint density at radius 2 is 2.17 bits per heavy atom. The van der Waals surface area contributed by atoms with Crippen LogP contribution in [-0.4, -0.2) is 0 Å². The number of unbranched alkanes of at least 4 members (excludes halogenated alkanes) is 2. The molecule has 0 aliphatic heterocycles. The van der Waals surface area contributed by atoms with Crippen LogP contribution in [0.1, 0.15) is 45.4 Å². The van der Waals surface area contributed by atoms with Gasteiger partial charge in [-0.25, -0.2) is 0 Å². The molecule has 66 valence electrons. The molecule has 0 heteroatoms. The fraction of sp³-hybridized carbons (Fsp3) is 0.833. The predicted octanol–water partition coefficient (Wildman–Crippen LogP) is 3.53. The van der Waals surface area contributed by atoms with Gasteiger partial charge in [0.1, 0.15) is 0 Å². The maximum Gasteiger partial charge on any atom is -0.00685 e. The zero-order valence-electron chi connectivity index (χ0n) is 7.97. The first-order chi connectivity index (χ1) is 5.93. The maximum atomic E-state index is 2.30. The second-order valence-corrected chi connectivity index (χ2v) is 4.75. The highest BCUT2D eigenvalue weighted by Gasteiger charge is 2.61. The molecule has 5 aliphatic rings. The summed E-state index contributed by atoms with van der Waals surface area (Å²) >= 11 is 0. The molecule has 0 aromatic heterocycles. The summed E-state index contributed by atoms with van der Waals surface area (Å²) in [7, 11) is 0. The monoisotopic (exact) mass is 162 g/mol. The molecule has 0 spiro atoms. The van der Waals surface area contributed by atoms with Gasteiger partial charge in [-0.3, -0.25) is 0 Å². The van der Waals surface area contributed by atoms with E-state index in [1.165, 1.54) is 38.5 Å². The van der Waals surface area contributed by atoms with Crippen molar-refractivity contribution in [2.75, 3.05) is 0 Å². The average Bonchev–Trinajstić information content (AvgIpc) is 2.52. The molecule has 5 rings (SSSR count). The smallest absolute Gasteiger partial charge is 0.00685 e. The summed E-state index contributed by atoms with van der Waals surface area (Å²) in [5.74, 6) is 3.34. The van der Waals surface area contributed by atoms with Crippen molar-refractivity contribution in [3.8, 4) is 0 Å². The van der Waals surface area contributed by atoms with Crippen LogP contribution in [0.3, 0.4) is 0 Å². The van der Waals surface area contributed by atoms with E-state index < -0.39 is 0 Å². The Balaban J connectivity index is 1.52. The summed E-state index contributed by atoms with van der Waals surface area (Å²) in [6.45, 7) is 2.30. The van der Waals surface area contributed by atoms with E-state index in [-0.39, 0.29) is 0 Å². The molecule has 0 saturated heterocycles. The van der Waals surface area contributed by atoms with Gasteiger partial charge in [0.2, 0.25) is 0 Å². The molecule has 0 aromatic carbocycles. The van der Waals surface area contributed by atoms with Crippen molar-refractivity contribution < 1.29 is 0 Å². The third-order valence-electron chi connectivity index (χ3n) is 4.28. The van der Waals surface area contributed by atoms with E-state index in [1.54, 1.807) is 0 Å². The van der Waals surface area contributed by atoms with Crippen molar-refractivity contribution in [1.82, 2.24) is 0 Å². The number of allylic oxidation sites excluding steroid dienone is 2. The Hall–Kier alpha value is -0.260. The molecule has 0 heterocycles. The van der Waals surface area contributed by atoms with E-state index >= 15 is 0 Å². The van der Waals surface area contributed by atoms with Crippen molar-refractivity contribution >= 4 is 0 Å². The molecule has 0 radical (unpaired) electrons. The summed E-state index contributed by atoms with van der Waals surface area (Å²) in [6, 6.07) is 0. The molecular formula is C12H18. The minimum absolute atomic E-state index is 1.10. The lowest BCUT2D eigenvalue weighted by Crippen LogP contribution is -2.47. The van der Waals surface area contributed by atoms with E-state index in [1.807, 2.05) is 11.1 Å². The van der Waals surface area contributed by atoms with Crippen LogP contribution in [0.4, 0.5) is 0 Å². The van der Waals surface area contributed by atoms with Gasteiger partial charge in [-0.15, -0.1) is 0 Å². The van der Waals surface area contributed by atoms with Gasteiger partial charge in [-0.2, -0.15) is 0 Å². The molecule has 0 N–H and O–H groups in total. The van der Waals surface area contributed by atoms with Gasteiger partial charge in [-0.05, 0) is 37.0 Å². The van der Waals surface area contributed by atoms with Crippen LogP contribution < -0.4 is 0 Å². The van der Waals surface area contributed by atoms with Crippen molar-refractivity contribution in [1.29, 1.82) is 0 Å². The van der Waals surface area contributed by atoms with Crippen molar-refractivity contribution in [3.05, 3.63) is 11.1 Å². The van der Waals surface area contributed by atoms with Gasteiger partial charge >= 0.3 is 0 Å². The standard InChI is InChI=1S/C12H18/c1-2-3-4-5-8-11-9-6-7-10(11)12(8)9/h8-9,11H,2-7H2,1H3. The highest BCUT2D eigenvalue weighted by Crippen LogP contribution is 2.71. The molecule has 0 aromatic rings.